The summed E-state index contributed by atoms with van der Waals surface area (Å²) >= 11 is 0. The van der Waals surface area contributed by atoms with Gasteiger partial charge >= 0.3 is 0 Å². The fourth-order valence-electron chi connectivity index (χ4n) is 5.73. The molecule has 3 saturated heterocycles. The molecule has 1 spiro atoms. The molecule has 12 heteroatoms. The lowest BCUT2D eigenvalue weighted by Gasteiger charge is -2.56. The van der Waals surface area contributed by atoms with Crippen molar-refractivity contribution >= 4 is 17.2 Å². The van der Waals surface area contributed by atoms with E-state index in [9.17, 15) is 0 Å². The normalized spacial score (nSPS) is 18.8. The lowest BCUT2D eigenvalue weighted by molar-refractivity contribution is -0.0574. The molecule has 6 rings (SSSR count). The van der Waals surface area contributed by atoms with E-state index in [2.05, 4.69) is 41.3 Å². The molecule has 3 aliphatic rings. The molecule has 0 atom stereocenters. The molecule has 2 aromatic heterocycles. The van der Waals surface area contributed by atoms with Crippen LogP contribution in [-0.2, 0) is 9.47 Å². The minimum absolute atomic E-state index is 0.147. The fraction of sp³-hybridized carbons (Fsp3) is 0.483. The second-order valence-electron chi connectivity index (χ2n) is 10.6. The van der Waals surface area contributed by atoms with Crippen LogP contribution in [0.5, 0.6) is 11.6 Å². The molecule has 218 valence electrons. The Labute approximate surface area is 240 Å². The number of nitrogens with one attached hydrogen (secondary N) is 1. The molecule has 0 aliphatic carbocycles. The highest BCUT2D eigenvalue weighted by molar-refractivity contribution is 5.75. The van der Waals surface area contributed by atoms with E-state index in [4.69, 9.17) is 24.7 Å². The molecular formula is C29H38N8O4. The van der Waals surface area contributed by atoms with Crippen LogP contribution in [-0.4, -0.2) is 112 Å². The number of para-hydroxylation sites is 1. The monoisotopic (exact) mass is 562 g/mol. The minimum Gasteiger partial charge on any atom is -0.476 e. The van der Waals surface area contributed by atoms with Crippen molar-refractivity contribution in [2.45, 2.75) is 5.54 Å². The third-order valence-corrected chi connectivity index (χ3v) is 7.93. The van der Waals surface area contributed by atoms with Crippen LogP contribution in [0.25, 0.3) is 11.3 Å². The highest BCUT2D eigenvalue weighted by Gasteiger charge is 2.48. The Hall–Kier alpha value is -3.71. The molecule has 5 heterocycles. The molecule has 0 radical (unpaired) electrons. The van der Waals surface area contributed by atoms with Gasteiger partial charge in [0.25, 0.3) is 0 Å². The van der Waals surface area contributed by atoms with Gasteiger partial charge in [-0.15, -0.1) is 10.2 Å². The summed E-state index contributed by atoms with van der Waals surface area (Å²) in [5.41, 5.74) is 9.67. The zero-order chi connectivity index (χ0) is 28.1. The Morgan fingerprint density at radius 1 is 1.02 bits per heavy atom. The maximum Gasteiger partial charge on any atom is 0.215 e. The van der Waals surface area contributed by atoms with Gasteiger partial charge in [-0.1, -0.05) is 12.1 Å². The summed E-state index contributed by atoms with van der Waals surface area (Å²) in [6, 6.07) is 13.8. The first-order valence-electron chi connectivity index (χ1n) is 14.1. The Morgan fingerprint density at radius 2 is 1.88 bits per heavy atom. The molecule has 3 fully saturated rings. The summed E-state index contributed by atoms with van der Waals surface area (Å²) in [5, 5.41) is 12.1. The predicted octanol–water partition coefficient (Wildman–Crippen LogP) is 1.48. The summed E-state index contributed by atoms with van der Waals surface area (Å²) in [6.07, 6.45) is 1.83. The number of piperazine rings is 2. The van der Waals surface area contributed by atoms with Crippen molar-refractivity contribution in [1.29, 1.82) is 0 Å². The highest BCUT2D eigenvalue weighted by atomic mass is 16.7. The largest absolute Gasteiger partial charge is 0.476 e. The van der Waals surface area contributed by atoms with E-state index in [-0.39, 0.29) is 12.3 Å². The summed E-state index contributed by atoms with van der Waals surface area (Å²) in [4.78, 5) is 11.6. The summed E-state index contributed by atoms with van der Waals surface area (Å²) < 4.78 is 22.7. The van der Waals surface area contributed by atoms with Crippen LogP contribution < -0.4 is 30.3 Å². The molecule has 3 aromatic rings. The average molecular weight is 563 g/mol. The van der Waals surface area contributed by atoms with Gasteiger partial charge in [0.1, 0.15) is 17.9 Å². The third-order valence-electron chi connectivity index (χ3n) is 7.93. The lowest BCUT2D eigenvalue weighted by atomic mass is 9.90. The third kappa shape index (κ3) is 6.01. The van der Waals surface area contributed by atoms with Crippen molar-refractivity contribution in [2.75, 3.05) is 102 Å². The summed E-state index contributed by atoms with van der Waals surface area (Å²) in [6.45, 7) is 9.39. The molecule has 0 saturated carbocycles. The lowest BCUT2D eigenvalue weighted by Crippen LogP contribution is -2.72. The van der Waals surface area contributed by atoms with Gasteiger partial charge in [0, 0.05) is 83.0 Å². The van der Waals surface area contributed by atoms with Crippen LogP contribution in [0.4, 0.5) is 17.2 Å². The van der Waals surface area contributed by atoms with Gasteiger partial charge in [-0.05, 0) is 24.3 Å². The number of nitrogens with two attached hydrogens (primary N) is 1. The van der Waals surface area contributed by atoms with Crippen LogP contribution in [0.3, 0.4) is 0 Å². The molecule has 3 N–H and O–H groups in total. The standard InChI is InChI=1S/C29H38N8O4/c1-38-21-41-26-5-3-2-4-23(26)24-17-25(28(30)34-33-24)36-12-13-37(29(18-36)19-39-20-29)22-6-7-32-27(16-22)40-15-14-35-10-8-31-9-11-35/h2-7,16-17,31H,8-15,18-21H2,1H3,(H2,30,34). The van der Waals surface area contributed by atoms with E-state index in [0.717, 1.165) is 69.3 Å². The first-order valence-corrected chi connectivity index (χ1v) is 14.1. The quantitative estimate of drug-likeness (QED) is 0.348. The molecule has 1 aromatic carbocycles. The van der Waals surface area contributed by atoms with E-state index >= 15 is 0 Å². The number of ether oxygens (including phenoxy) is 4. The zero-order valence-corrected chi connectivity index (χ0v) is 23.5. The van der Waals surface area contributed by atoms with Gasteiger partial charge in [-0.2, -0.15) is 0 Å². The van der Waals surface area contributed by atoms with E-state index in [1.807, 2.05) is 42.6 Å². The van der Waals surface area contributed by atoms with Crippen molar-refractivity contribution in [2.24, 2.45) is 0 Å². The van der Waals surface area contributed by atoms with Crippen LogP contribution in [0.1, 0.15) is 0 Å². The maximum absolute atomic E-state index is 6.39. The molecule has 0 amide bonds. The molecular weight excluding hydrogens is 524 g/mol. The predicted molar refractivity (Wildman–Crippen MR) is 157 cm³/mol. The number of methoxy groups -OCH3 is 1. The van der Waals surface area contributed by atoms with Crippen LogP contribution in [0, 0.1) is 0 Å². The number of hydrogen-bond acceptors (Lipinski definition) is 12. The van der Waals surface area contributed by atoms with Crippen molar-refractivity contribution < 1.29 is 18.9 Å². The minimum atomic E-state index is -0.187. The molecule has 12 nitrogen and oxygen atoms in total. The van der Waals surface area contributed by atoms with Crippen molar-refractivity contribution in [1.82, 2.24) is 25.4 Å². The SMILES string of the molecule is COCOc1ccccc1-c1cc(N2CCN(c3ccnc(OCCN4CCNCC4)c3)C3(COC3)C2)c(N)nn1. The van der Waals surface area contributed by atoms with Crippen molar-refractivity contribution in [3.63, 3.8) is 0 Å². The van der Waals surface area contributed by atoms with Gasteiger partial charge in [0.05, 0.1) is 24.6 Å². The molecule has 0 unspecified atom stereocenters. The number of nitrogens with zero attached hydrogens (tertiary/aromatic N) is 6. The van der Waals surface area contributed by atoms with Gasteiger partial charge in [-0.25, -0.2) is 4.98 Å². The Morgan fingerprint density at radius 3 is 2.68 bits per heavy atom. The highest BCUT2D eigenvalue weighted by Crippen LogP contribution is 2.38. The summed E-state index contributed by atoms with van der Waals surface area (Å²) in [5.74, 6) is 1.73. The van der Waals surface area contributed by atoms with Crippen LogP contribution >= 0.6 is 0 Å². The van der Waals surface area contributed by atoms with Crippen LogP contribution in [0.2, 0.25) is 0 Å². The first-order chi connectivity index (χ1) is 20.1. The average Bonchev–Trinajstić information content (AvgIpc) is 3.00. The smallest absolute Gasteiger partial charge is 0.215 e. The number of anilines is 3. The Kier molecular flexibility index (Phi) is 8.33. The van der Waals surface area contributed by atoms with Gasteiger partial charge in [0.2, 0.25) is 5.88 Å². The van der Waals surface area contributed by atoms with E-state index in [0.29, 0.717) is 43.0 Å². The number of aromatic nitrogens is 3. The zero-order valence-electron chi connectivity index (χ0n) is 23.5. The second kappa shape index (κ2) is 12.4. The number of rotatable bonds is 10. The number of benzene rings is 1. The van der Waals surface area contributed by atoms with Crippen molar-refractivity contribution in [3.05, 3.63) is 48.7 Å². The maximum atomic E-state index is 6.39. The summed E-state index contributed by atoms with van der Waals surface area (Å²) in [7, 11) is 1.60. The second-order valence-corrected chi connectivity index (χ2v) is 10.6. The van der Waals surface area contributed by atoms with Gasteiger partial charge in [0.15, 0.2) is 12.6 Å². The van der Waals surface area contributed by atoms with E-state index in [1.165, 1.54) is 0 Å². The molecule has 3 aliphatic heterocycles. The first kappa shape index (κ1) is 27.5. The molecule has 41 heavy (non-hydrogen) atoms. The molecule has 0 bridgehead atoms. The van der Waals surface area contributed by atoms with E-state index in [1.54, 1.807) is 7.11 Å². The van der Waals surface area contributed by atoms with Gasteiger partial charge in [-0.3, -0.25) is 4.90 Å². The van der Waals surface area contributed by atoms with E-state index < -0.39 is 0 Å². The van der Waals surface area contributed by atoms with Crippen LogP contribution in [0.15, 0.2) is 48.7 Å². The number of pyridine rings is 1. The Balaban J connectivity index is 1.17. The van der Waals surface area contributed by atoms with Crippen molar-refractivity contribution in [3.8, 4) is 22.9 Å². The topological polar surface area (TPSA) is 123 Å². The van der Waals surface area contributed by atoms with Gasteiger partial charge < -0.3 is 39.8 Å². The fourth-order valence-corrected chi connectivity index (χ4v) is 5.73. The number of nitrogen functional groups attached to an aromatic ring is 1. The Bertz CT molecular complexity index is 1320. The number of hydrogen-bond donors (Lipinski definition) is 2.